The van der Waals surface area contributed by atoms with Gasteiger partial charge >= 0.3 is 0 Å². The van der Waals surface area contributed by atoms with Crippen molar-refractivity contribution in [2.75, 3.05) is 30.8 Å². The van der Waals surface area contributed by atoms with Crippen molar-refractivity contribution in [3.63, 3.8) is 0 Å². The first-order valence-corrected chi connectivity index (χ1v) is 14.8. The summed E-state index contributed by atoms with van der Waals surface area (Å²) in [5.74, 6) is 0.155. The fourth-order valence-electron chi connectivity index (χ4n) is 7.30. The molecule has 0 saturated heterocycles. The van der Waals surface area contributed by atoms with Gasteiger partial charge < -0.3 is 15.2 Å². The van der Waals surface area contributed by atoms with Gasteiger partial charge in [0.05, 0.1) is 27.1 Å². The Hall–Kier alpha value is -2.54. The summed E-state index contributed by atoms with van der Waals surface area (Å²) >= 11 is 13.4. The van der Waals surface area contributed by atoms with Gasteiger partial charge in [-0.3, -0.25) is 9.69 Å². The Bertz CT molecular complexity index is 1420. The molecule has 206 valence electrons. The van der Waals surface area contributed by atoms with E-state index in [-0.39, 0.29) is 5.91 Å². The van der Waals surface area contributed by atoms with Crippen LogP contribution in [0.5, 0.6) is 0 Å². The number of aromatic nitrogens is 2. The van der Waals surface area contributed by atoms with Gasteiger partial charge in [-0.25, -0.2) is 4.98 Å². The minimum atomic E-state index is -0.261. The summed E-state index contributed by atoms with van der Waals surface area (Å²) in [5.41, 5.74) is 6.25. The van der Waals surface area contributed by atoms with Crippen LogP contribution in [0.25, 0.3) is 11.1 Å². The monoisotopic (exact) mass is 565 g/mol. The quantitative estimate of drug-likeness (QED) is 0.313. The number of nitrogens with one attached hydrogen (secondary N) is 2. The Morgan fingerprint density at radius 1 is 1.03 bits per heavy atom. The molecule has 3 aromatic rings. The van der Waals surface area contributed by atoms with Crippen LogP contribution in [0.4, 0.5) is 11.4 Å². The topological polar surface area (TPSA) is 62.2 Å². The number of halogens is 2. The molecular formula is C31H37Cl2N5O. The molecule has 1 aliphatic heterocycles. The second-order valence-corrected chi connectivity index (χ2v) is 12.9. The molecule has 0 spiro atoms. The number of imidazole rings is 1. The molecule has 2 heterocycles. The third kappa shape index (κ3) is 4.85. The van der Waals surface area contributed by atoms with Crippen LogP contribution in [0.2, 0.25) is 10.0 Å². The lowest BCUT2D eigenvalue weighted by molar-refractivity contribution is 0.101. The fraction of sp³-hybridized carbons (Fsp3) is 0.484. The van der Waals surface area contributed by atoms with Gasteiger partial charge in [0, 0.05) is 50.4 Å². The van der Waals surface area contributed by atoms with Crippen LogP contribution in [-0.4, -0.2) is 40.5 Å². The van der Waals surface area contributed by atoms with Gasteiger partial charge in [-0.05, 0) is 68.0 Å². The number of carbonyl (C=O) groups excluding carboxylic acids is 1. The summed E-state index contributed by atoms with van der Waals surface area (Å²) in [7, 11) is 3.77. The first-order chi connectivity index (χ1) is 18.7. The van der Waals surface area contributed by atoms with Crippen molar-refractivity contribution in [2.24, 2.45) is 17.9 Å². The van der Waals surface area contributed by atoms with E-state index in [1.54, 1.807) is 6.07 Å². The molecule has 2 N–H and O–H groups in total. The standard InChI is InChI=1S/C31H37Cl2N5O/c1-30-11-13-31(19-30,14-12-30)15-17-38-16-10-25-24(18-38)35-28(37(25)3)29(39)36-23-9-5-7-21(27(23)33)20-6-4-8-22(34-2)26(20)32/h4-9,34H,10-19H2,1-3H3,(H,36,39). The lowest BCUT2D eigenvalue weighted by Gasteiger charge is -2.32. The molecule has 0 atom stereocenters. The van der Waals surface area contributed by atoms with Crippen LogP contribution < -0.4 is 10.6 Å². The van der Waals surface area contributed by atoms with E-state index in [4.69, 9.17) is 28.2 Å². The molecule has 1 aromatic heterocycles. The summed E-state index contributed by atoms with van der Waals surface area (Å²) in [6.07, 6.45) is 9.20. The van der Waals surface area contributed by atoms with Crippen molar-refractivity contribution < 1.29 is 4.79 Å². The molecule has 2 aliphatic carbocycles. The molecule has 2 saturated carbocycles. The van der Waals surface area contributed by atoms with Crippen LogP contribution in [0.1, 0.15) is 67.5 Å². The number of carbonyl (C=O) groups is 1. The highest BCUT2D eigenvalue weighted by molar-refractivity contribution is 6.39. The van der Waals surface area contributed by atoms with Crippen LogP contribution >= 0.6 is 23.2 Å². The minimum absolute atomic E-state index is 0.261. The number of benzene rings is 2. The van der Waals surface area contributed by atoms with Crippen molar-refractivity contribution >= 4 is 40.5 Å². The zero-order valence-corrected chi connectivity index (χ0v) is 24.6. The summed E-state index contributed by atoms with van der Waals surface area (Å²) in [6.45, 7) is 5.42. The molecule has 8 heteroatoms. The Balaban J connectivity index is 1.16. The zero-order valence-electron chi connectivity index (χ0n) is 23.0. The van der Waals surface area contributed by atoms with E-state index < -0.39 is 0 Å². The summed E-state index contributed by atoms with van der Waals surface area (Å²) in [5, 5.41) is 7.13. The number of amides is 1. The average molecular weight is 567 g/mol. The average Bonchev–Trinajstić information content (AvgIpc) is 3.57. The Morgan fingerprint density at radius 3 is 2.33 bits per heavy atom. The fourth-order valence-corrected chi connectivity index (χ4v) is 7.90. The lowest BCUT2D eigenvalue weighted by atomic mass is 9.80. The highest BCUT2D eigenvalue weighted by Gasteiger charge is 2.51. The first-order valence-electron chi connectivity index (χ1n) is 14.0. The number of rotatable bonds is 7. The van der Waals surface area contributed by atoms with Crippen LogP contribution in [-0.2, 0) is 20.0 Å². The van der Waals surface area contributed by atoms with Crippen LogP contribution in [0, 0.1) is 10.8 Å². The van der Waals surface area contributed by atoms with Gasteiger partial charge in [0.25, 0.3) is 5.91 Å². The first kappa shape index (κ1) is 26.7. The van der Waals surface area contributed by atoms with Crippen molar-refractivity contribution in [1.82, 2.24) is 14.5 Å². The SMILES string of the molecule is CNc1cccc(-c2cccc(NC(=O)c3nc4c(n3C)CCN(CCC35CCC(C)(CC3)C5)C4)c2Cl)c1Cl. The van der Waals surface area contributed by atoms with Gasteiger partial charge in [0.1, 0.15) is 0 Å². The molecule has 0 radical (unpaired) electrons. The maximum atomic E-state index is 13.4. The van der Waals surface area contributed by atoms with Crippen molar-refractivity contribution in [3.8, 4) is 11.1 Å². The maximum Gasteiger partial charge on any atom is 0.291 e. The van der Waals surface area contributed by atoms with Crippen molar-refractivity contribution in [1.29, 1.82) is 0 Å². The molecule has 3 aliphatic rings. The van der Waals surface area contributed by atoms with Gasteiger partial charge in [-0.1, -0.05) is 54.4 Å². The lowest BCUT2D eigenvalue weighted by Crippen LogP contribution is -2.34. The van der Waals surface area contributed by atoms with E-state index in [2.05, 4.69) is 22.5 Å². The normalized spacial score (nSPS) is 24.1. The Morgan fingerprint density at radius 2 is 1.69 bits per heavy atom. The third-order valence-corrected chi connectivity index (χ3v) is 10.4. The Labute approximate surface area is 241 Å². The zero-order chi connectivity index (χ0) is 27.4. The largest absolute Gasteiger partial charge is 0.387 e. The van der Waals surface area contributed by atoms with Gasteiger partial charge in [0.15, 0.2) is 5.82 Å². The molecule has 39 heavy (non-hydrogen) atoms. The van der Waals surface area contributed by atoms with Crippen molar-refractivity contribution in [3.05, 3.63) is 63.7 Å². The third-order valence-electron chi connectivity index (χ3n) is 9.62. The Kier molecular flexibility index (Phi) is 6.93. The molecule has 1 amide bonds. The smallest absolute Gasteiger partial charge is 0.291 e. The number of fused-ring (bicyclic) bond motifs is 3. The van der Waals surface area contributed by atoms with Crippen molar-refractivity contribution in [2.45, 2.75) is 58.4 Å². The van der Waals surface area contributed by atoms with Gasteiger partial charge in [-0.15, -0.1) is 0 Å². The number of nitrogens with zero attached hydrogens (tertiary/aromatic N) is 3. The highest BCUT2D eigenvalue weighted by Crippen LogP contribution is 2.62. The predicted molar refractivity (Wildman–Crippen MR) is 160 cm³/mol. The molecule has 2 fully saturated rings. The molecule has 6 rings (SSSR count). The van der Waals surface area contributed by atoms with Gasteiger partial charge in [0.2, 0.25) is 0 Å². The molecule has 6 nitrogen and oxygen atoms in total. The van der Waals surface area contributed by atoms with E-state index in [0.29, 0.717) is 32.4 Å². The second-order valence-electron chi connectivity index (χ2n) is 12.2. The molecular weight excluding hydrogens is 529 g/mol. The molecule has 0 unspecified atom stereocenters. The second kappa shape index (κ2) is 10.1. The number of hydrogen-bond donors (Lipinski definition) is 2. The van der Waals surface area contributed by atoms with E-state index in [9.17, 15) is 4.79 Å². The highest BCUT2D eigenvalue weighted by atomic mass is 35.5. The summed E-state index contributed by atoms with van der Waals surface area (Å²) in [4.78, 5) is 20.8. The molecule has 2 aromatic carbocycles. The maximum absolute atomic E-state index is 13.4. The predicted octanol–water partition coefficient (Wildman–Crippen LogP) is 7.41. The van der Waals surface area contributed by atoms with Crippen LogP contribution in [0.3, 0.4) is 0 Å². The molecule has 2 bridgehead atoms. The van der Waals surface area contributed by atoms with E-state index >= 15 is 0 Å². The number of hydrogen-bond acceptors (Lipinski definition) is 4. The van der Waals surface area contributed by atoms with Crippen LogP contribution in [0.15, 0.2) is 36.4 Å². The van der Waals surface area contributed by atoms with E-state index in [1.807, 2.05) is 49.0 Å². The van der Waals surface area contributed by atoms with E-state index in [1.165, 1.54) is 38.5 Å². The summed E-state index contributed by atoms with van der Waals surface area (Å²) < 4.78 is 1.95. The van der Waals surface area contributed by atoms with Gasteiger partial charge in [-0.2, -0.15) is 0 Å². The summed E-state index contributed by atoms with van der Waals surface area (Å²) in [6, 6.07) is 11.3. The van der Waals surface area contributed by atoms with E-state index in [0.717, 1.165) is 54.3 Å². The minimum Gasteiger partial charge on any atom is -0.387 e. The number of anilines is 2.